The van der Waals surface area contributed by atoms with Crippen LogP contribution in [0.1, 0.15) is 53.4 Å². The number of ether oxygens (including phenoxy) is 1. The maximum atomic E-state index is 11.8. The van der Waals surface area contributed by atoms with E-state index in [-0.39, 0.29) is 18.2 Å². The number of amides is 1. The SMILES string of the molecule is CC(NC(=O)OC(C)(C)C)C(CN)N(C)C1CCCC1. The van der Waals surface area contributed by atoms with Crippen LogP contribution in [0.5, 0.6) is 0 Å². The average molecular weight is 285 g/mol. The van der Waals surface area contributed by atoms with Crippen molar-refractivity contribution in [3.63, 3.8) is 0 Å². The van der Waals surface area contributed by atoms with Crippen molar-refractivity contribution in [2.24, 2.45) is 5.73 Å². The molecule has 0 spiro atoms. The largest absolute Gasteiger partial charge is 0.444 e. The van der Waals surface area contributed by atoms with Gasteiger partial charge in [-0.1, -0.05) is 12.8 Å². The van der Waals surface area contributed by atoms with Crippen LogP contribution in [0.3, 0.4) is 0 Å². The summed E-state index contributed by atoms with van der Waals surface area (Å²) in [6.45, 7) is 8.11. The molecule has 20 heavy (non-hydrogen) atoms. The van der Waals surface area contributed by atoms with E-state index in [1.54, 1.807) is 0 Å². The van der Waals surface area contributed by atoms with Crippen LogP contribution < -0.4 is 11.1 Å². The fourth-order valence-electron chi connectivity index (χ4n) is 2.90. The Labute approximate surface area is 123 Å². The molecular weight excluding hydrogens is 254 g/mol. The first-order valence-electron chi connectivity index (χ1n) is 7.66. The molecule has 0 aliphatic heterocycles. The van der Waals surface area contributed by atoms with Gasteiger partial charge in [0, 0.05) is 24.7 Å². The van der Waals surface area contributed by atoms with Crippen molar-refractivity contribution >= 4 is 6.09 Å². The predicted octanol–water partition coefficient (Wildman–Crippen LogP) is 2.10. The molecule has 5 heteroatoms. The Hall–Kier alpha value is -0.810. The van der Waals surface area contributed by atoms with E-state index in [0.29, 0.717) is 12.6 Å². The highest BCUT2D eigenvalue weighted by Gasteiger charge is 2.29. The molecule has 1 aliphatic rings. The maximum absolute atomic E-state index is 11.8. The highest BCUT2D eigenvalue weighted by Crippen LogP contribution is 2.24. The first-order valence-corrected chi connectivity index (χ1v) is 7.66. The lowest BCUT2D eigenvalue weighted by molar-refractivity contribution is 0.0464. The van der Waals surface area contributed by atoms with Gasteiger partial charge >= 0.3 is 6.09 Å². The Morgan fingerprint density at radius 3 is 2.40 bits per heavy atom. The van der Waals surface area contributed by atoms with Gasteiger partial charge in [0.1, 0.15) is 5.60 Å². The van der Waals surface area contributed by atoms with E-state index in [1.165, 1.54) is 25.7 Å². The van der Waals surface area contributed by atoms with Gasteiger partial charge in [0.2, 0.25) is 0 Å². The Bertz CT molecular complexity index is 309. The van der Waals surface area contributed by atoms with Crippen LogP contribution in [-0.4, -0.2) is 48.3 Å². The summed E-state index contributed by atoms with van der Waals surface area (Å²) in [4.78, 5) is 14.2. The maximum Gasteiger partial charge on any atom is 0.407 e. The molecule has 1 amide bonds. The molecular formula is C15H31N3O2. The fraction of sp³-hybridized carbons (Fsp3) is 0.933. The van der Waals surface area contributed by atoms with Gasteiger partial charge in [-0.3, -0.25) is 4.90 Å². The third-order valence-electron chi connectivity index (χ3n) is 3.99. The second kappa shape index (κ2) is 7.27. The average Bonchev–Trinajstić information content (AvgIpc) is 2.79. The first-order chi connectivity index (χ1) is 9.24. The Morgan fingerprint density at radius 1 is 1.40 bits per heavy atom. The molecule has 1 saturated carbocycles. The van der Waals surface area contributed by atoms with Gasteiger partial charge in [-0.2, -0.15) is 0 Å². The van der Waals surface area contributed by atoms with Crippen molar-refractivity contribution in [3.05, 3.63) is 0 Å². The van der Waals surface area contributed by atoms with E-state index in [1.807, 2.05) is 27.7 Å². The Kier molecular flexibility index (Phi) is 6.27. The second-order valence-corrected chi connectivity index (χ2v) is 6.84. The van der Waals surface area contributed by atoms with E-state index in [2.05, 4.69) is 17.3 Å². The third-order valence-corrected chi connectivity index (χ3v) is 3.99. The van der Waals surface area contributed by atoms with E-state index in [4.69, 9.17) is 10.5 Å². The molecule has 0 aromatic carbocycles. The summed E-state index contributed by atoms with van der Waals surface area (Å²) in [7, 11) is 2.11. The summed E-state index contributed by atoms with van der Waals surface area (Å²) in [6.07, 6.45) is 4.67. The van der Waals surface area contributed by atoms with Crippen LogP contribution in [0.25, 0.3) is 0 Å². The zero-order valence-electron chi connectivity index (χ0n) is 13.6. The summed E-state index contributed by atoms with van der Waals surface area (Å²) in [5.41, 5.74) is 5.44. The molecule has 0 radical (unpaired) electrons. The minimum Gasteiger partial charge on any atom is -0.444 e. The fourth-order valence-corrected chi connectivity index (χ4v) is 2.90. The van der Waals surface area contributed by atoms with Gasteiger partial charge in [0.05, 0.1) is 0 Å². The number of alkyl carbamates (subject to hydrolysis) is 1. The van der Waals surface area contributed by atoms with Crippen molar-refractivity contribution in [2.45, 2.75) is 77.1 Å². The van der Waals surface area contributed by atoms with Gasteiger partial charge in [0.25, 0.3) is 0 Å². The molecule has 2 unspecified atom stereocenters. The highest BCUT2D eigenvalue weighted by atomic mass is 16.6. The zero-order valence-corrected chi connectivity index (χ0v) is 13.6. The molecule has 0 aromatic rings. The lowest BCUT2D eigenvalue weighted by Gasteiger charge is -2.36. The molecule has 0 bridgehead atoms. The Morgan fingerprint density at radius 2 is 1.95 bits per heavy atom. The van der Waals surface area contributed by atoms with Crippen molar-refractivity contribution in [3.8, 4) is 0 Å². The molecule has 0 aromatic heterocycles. The van der Waals surface area contributed by atoms with Crippen molar-refractivity contribution < 1.29 is 9.53 Å². The lowest BCUT2D eigenvalue weighted by atomic mass is 10.1. The van der Waals surface area contributed by atoms with Gasteiger partial charge in [-0.15, -0.1) is 0 Å². The number of nitrogens with one attached hydrogen (secondary N) is 1. The van der Waals surface area contributed by atoms with Gasteiger partial charge in [-0.25, -0.2) is 4.79 Å². The van der Waals surface area contributed by atoms with Crippen LogP contribution in [0, 0.1) is 0 Å². The smallest absolute Gasteiger partial charge is 0.407 e. The highest BCUT2D eigenvalue weighted by molar-refractivity contribution is 5.68. The van der Waals surface area contributed by atoms with Crippen LogP contribution in [-0.2, 0) is 4.74 Å². The molecule has 2 atom stereocenters. The number of carbonyl (C=O) groups is 1. The summed E-state index contributed by atoms with van der Waals surface area (Å²) in [5.74, 6) is 0. The van der Waals surface area contributed by atoms with E-state index in [0.717, 1.165) is 0 Å². The number of likely N-dealkylation sites (N-methyl/N-ethyl adjacent to an activating group) is 1. The quantitative estimate of drug-likeness (QED) is 0.812. The summed E-state index contributed by atoms with van der Waals surface area (Å²) in [5, 5.41) is 2.91. The van der Waals surface area contributed by atoms with Crippen molar-refractivity contribution in [2.75, 3.05) is 13.6 Å². The molecule has 3 N–H and O–H groups in total. The molecule has 0 saturated heterocycles. The normalized spacial score (nSPS) is 19.9. The molecule has 118 valence electrons. The standard InChI is InChI=1S/C15H31N3O2/c1-11(17-14(19)20-15(2,3)4)13(10-16)18(5)12-8-6-7-9-12/h11-13H,6-10,16H2,1-5H3,(H,17,19). The van der Waals surface area contributed by atoms with Crippen LogP contribution in [0.4, 0.5) is 4.79 Å². The molecule has 1 aliphatic carbocycles. The summed E-state index contributed by atoms with van der Waals surface area (Å²) < 4.78 is 5.30. The van der Waals surface area contributed by atoms with Crippen molar-refractivity contribution in [1.29, 1.82) is 0 Å². The number of hydrogen-bond acceptors (Lipinski definition) is 4. The predicted molar refractivity (Wildman–Crippen MR) is 81.7 cm³/mol. The lowest BCUT2D eigenvalue weighted by Crippen LogP contribution is -2.55. The Balaban J connectivity index is 2.53. The zero-order chi connectivity index (χ0) is 15.3. The van der Waals surface area contributed by atoms with Crippen LogP contribution in [0.15, 0.2) is 0 Å². The van der Waals surface area contributed by atoms with Crippen LogP contribution in [0.2, 0.25) is 0 Å². The monoisotopic (exact) mass is 285 g/mol. The van der Waals surface area contributed by atoms with E-state index >= 15 is 0 Å². The third kappa shape index (κ3) is 5.29. The molecule has 5 nitrogen and oxygen atoms in total. The summed E-state index contributed by atoms with van der Waals surface area (Å²) >= 11 is 0. The minimum atomic E-state index is -0.473. The van der Waals surface area contributed by atoms with Crippen molar-refractivity contribution in [1.82, 2.24) is 10.2 Å². The number of rotatable bonds is 5. The first kappa shape index (κ1) is 17.2. The summed E-state index contributed by atoms with van der Waals surface area (Å²) in [6, 6.07) is 0.706. The van der Waals surface area contributed by atoms with Crippen LogP contribution >= 0.6 is 0 Å². The van der Waals surface area contributed by atoms with Gasteiger partial charge in [-0.05, 0) is 47.6 Å². The molecule has 1 rings (SSSR count). The minimum absolute atomic E-state index is 0.0274. The van der Waals surface area contributed by atoms with E-state index in [9.17, 15) is 4.79 Å². The number of nitrogens with zero attached hydrogens (tertiary/aromatic N) is 1. The number of hydrogen-bond donors (Lipinski definition) is 2. The van der Waals surface area contributed by atoms with Gasteiger partial charge in [0.15, 0.2) is 0 Å². The molecule has 1 fully saturated rings. The topological polar surface area (TPSA) is 67.6 Å². The molecule has 0 heterocycles. The second-order valence-electron chi connectivity index (χ2n) is 6.84. The number of nitrogens with two attached hydrogens (primary N) is 1. The van der Waals surface area contributed by atoms with Gasteiger partial charge < -0.3 is 15.8 Å². The number of carbonyl (C=O) groups excluding carboxylic acids is 1. The van der Waals surface area contributed by atoms with E-state index < -0.39 is 5.60 Å².